The SMILES string of the molecule is CC1CCC(Cn2ccnc2NC2CCCCC2)CC1. The van der Waals surface area contributed by atoms with Crippen LogP contribution >= 0.6 is 0 Å². The molecule has 0 aromatic carbocycles. The van der Waals surface area contributed by atoms with Gasteiger partial charge >= 0.3 is 0 Å². The summed E-state index contributed by atoms with van der Waals surface area (Å²) in [5.74, 6) is 2.90. The Bertz CT molecular complexity index is 398. The Kier molecular flexibility index (Phi) is 4.64. The summed E-state index contributed by atoms with van der Waals surface area (Å²) in [7, 11) is 0. The summed E-state index contributed by atoms with van der Waals surface area (Å²) in [6.45, 7) is 3.55. The van der Waals surface area contributed by atoms with Crippen LogP contribution in [0.2, 0.25) is 0 Å². The second-order valence-electron chi connectivity index (χ2n) is 7.01. The number of nitrogens with one attached hydrogen (secondary N) is 1. The maximum absolute atomic E-state index is 4.54. The topological polar surface area (TPSA) is 29.9 Å². The van der Waals surface area contributed by atoms with Crippen LogP contribution in [-0.4, -0.2) is 15.6 Å². The molecule has 0 radical (unpaired) electrons. The Hall–Kier alpha value is -0.990. The van der Waals surface area contributed by atoms with E-state index in [0.29, 0.717) is 6.04 Å². The van der Waals surface area contributed by atoms with Gasteiger partial charge < -0.3 is 9.88 Å². The van der Waals surface area contributed by atoms with E-state index in [1.165, 1.54) is 57.8 Å². The fourth-order valence-electron chi connectivity index (χ4n) is 3.82. The Morgan fingerprint density at radius 1 is 1.10 bits per heavy atom. The van der Waals surface area contributed by atoms with E-state index in [1.54, 1.807) is 0 Å². The molecule has 20 heavy (non-hydrogen) atoms. The van der Waals surface area contributed by atoms with Gasteiger partial charge in [-0.15, -0.1) is 0 Å². The predicted molar refractivity (Wildman–Crippen MR) is 83.8 cm³/mol. The number of anilines is 1. The molecule has 0 saturated heterocycles. The van der Waals surface area contributed by atoms with Gasteiger partial charge in [0.25, 0.3) is 0 Å². The summed E-state index contributed by atoms with van der Waals surface area (Å²) in [6.07, 6.45) is 16.5. The van der Waals surface area contributed by atoms with Crippen LogP contribution in [-0.2, 0) is 6.54 Å². The van der Waals surface area contributed by atoms with Crippen LogP contribution in [0.25, 0.3) is 0 Å². The molecule has 0 spiro atoms. The zero-order chi connectivity index (χ0) is 13.8. The Balaban J connectivity index is 1.55. The Morgan fingerprint density at radius 2 is 1.85 bits per heavy atom. The van der Waals surface area contributed by atoms with Crippen LogP contribution < -0.4 is 5.32 Å². The van der Waals surface area contributed by atoms with Gasteiger partial charge in [0, 0.05) is 25.0 Å². The van der Waals surface area contributed by atoms with Crippen LogP contribution in [0.15, 0.2) is 12.4 Å². The van der Waals surface area contributed by atoms with E-state index in [4.69, 9.17) is 0 Å². The highest BCUT2D eigenvalue weighted by Crippen LogP contribution is 2.30. The number of nitrogens with zero attached hydrogens (tertiary/aromatic N) is 2. The molecular formula is C17H29N3. The molecule has 3 rings (SSSR count). The third-order valence-electron chi connectivity index (χ3n) is 5.24. The van der Waals surface area contributed by atoms with Crippen molar-refractivity contribution in [2.24, 2.45) is 11.8 Å². The van der Waals surface area contributed by atoms with Gasteiger partial charge in [-0.05, 0) is 37.5 Å². The quantitative estimate of drug-likeness (QED) is 0.879. The van der Waals surface area contributed by atoms with Crippen molar-refractivity contribution in [2.75, 3.05) is 5.32 Å². The van der Waals surface area contributed by atoms with Crippen LogP contribution in [0.3, 0.4) is 0 Å². The van der Waals surface area contributed by atoms with E-state index in [9.17, 15) is 0 Å². The first-order chi connectivity index (χ1) is 9.81. The zero-order valence-electron chi connectivity index (χ0n) is 12.9. The molecule has 3 heteroatoms. The van der Waals surface area contributed by atoms with E-state index < -0.39 is 0 Å². The van der Waals surface area contributed by atoms with E-state index in [2.05, 4.69) is 28.0 Å². The van der Waals surface area contributed by atoms with Gasteiger partial charge in [0.05, 0.1) is 0 Å². The van der Waals surface area contributed by atoms with E-state index >= 15 is 0 Å². The molecule has 2 saturated carbocycles. The van der Waals surface area contributed by atoms with Gasteiger partial charge in [-0.3, -0.25) is 0 Å². The standard InChI is InChI=1S/C17H29N3/c1-14-7-9-15(10-8-14)13-20-12-11-18-17(20)19-16-5-3-2-4-6-16/h11-12,14-16H,2-10,13H2,1H3,(H,18,19). The highest BCUT2D eigenvalue weighted by Gasteiger charge is 2.20. The zero-order valence-corrected chi connectivity index (χ0v) is 12.9. The number of hydrogen-bond acceptors (Lipinski definition) is 2. The van der Waals surface area contributed by atoms with Gasteiger partial charge in [-0.2, -0.15) is 0 Å². The summed E-state index contributed by atoms with van der Waals surface area (Å²) < 4.78 is 2.36. The summed E-state index contributed by atoms with van der Waals surface area (Å²) >= 11 is 0. The number of aromatic nitrogens is 2. The molecule has 0 unspecified atom stereocenters. The smallest absolute Gasteiger partial charge is 0.202 e. The normalized spacial score (nSPS) is 28.4. The lowest BCUT2D eigenvalue weighted by Crippen LogP contribution is -2.25. The molecule has 2 aliphatic rings. The van der Waals surface area contributed by atoms with E-state index in [1.807, 2.05) is 6.20 Å². The minimum atomic E-state index is 0.649. The average Bonchev–Trinajstić information content (AvgIpc) is 2.90. The van der Waals surface area contributed by atoms with Gasteiger partial charge in [-0.1, -0.05) is 39.0 Å². The highest BCUT2D eigenvalue weighted by molar-refractivity contribution is 5.27. The Morgan fingerprint density at radius 3 is 2.60 bits per heavy atom. The van der Waals surface area contributed by atoms with Crippen LogP contribution in [0.4, 0.5) is 5.95 Å². The maximum Gasteiger partial charge on any atom is 0.202 e. The van der Waals surface area contributed by atoms with Crippen LogP contribution in [0.1, 0.15) is 64.7 Å². The predicted octanol–water partition coefficient (Wildman–Crippen LogP) is 4.45. The largest absolute Gasteiger partial charge is 0.353 e. The van der Waals surface area contributed by atoms with Gasteiger partial charge in [0.15, 0.2) is 0 Å². The maximum atomic E-state index is 4.54. The van der Waals surface area contributed by atoms with Crippen molar-refractivity contribution in [1.82, 2.24) is 9.55 Å². The molecule has 0 amide bonds. The monoisotopic (exact) mass is 275 g/mol. The average molecular weight is 275 g/mol. The molecule has 0 atom stereocenters. The fraction of sp³-hybridized carbons (Fsp3) is 0.824. The summed E-state index contributed by atoms with van der Waals surface area (Å²) in [5, 5.41) is 3.68. The molecule has 1 N–H and O–H groups in total. The lowest BCUT2D eigenvalue weighted by Gasteiger charge is -2.28. The molecule has 3 nitrogen and oxygen atoms in total. The van der Waals surface area contributed by atoms with Crippen molar-refractivity contribution in [1.29, 1.82) is 0 Å². The van der Waals surface area contributed by atoms with Crippen molar-refractivity contribution >= 4 is 5.95 Å². The van der Waals surface area contributed by atoms with Crippen LogP contribution in [0, 0.1) is 11.8 Å². The molecule has 112 valence electrons. The number of imidazole rings is 1. The van der Waals surface area contributed by atoms with Gasteiger partial charge in [-0.25, -0.2) is 4.98 Å². The molecule has 2 aliphatic carbocycles. The van der Waals surface area contributed by atoms with E-state index in [-0.39, 0.29) is 0 Å². The highest BCUT2D eigenvalue weighted by atomic mass is 15.2. The summed E-state index contributed by atoms with van der Waals surface area (Å²) in [6, 6.07) is 0.649. The summed E-state index contributed by atoms with van der Waals surface area (Å²) in [5.41, 5.74) is 0. The lowest BCUT2D eigenvalue weighted by atomic mass is 9.83. The number of hydrogen-bond donors (Lipinski definition) is 1. The van der Waals surface area contributed by atoms with Crippen molar-refractivity contribution < 1.29 is 0 Å². The molecular weight excluding hydrogens is 246 g/mol. The molecule has 1 heterocycles. The molecule has 0 bridgehead atoms. The fourth-order valence-corrected chi connectivity index (χ4v) is 3.82. The third kappa shape index (κ3) is 3.56. The van der Waals surface area contributed by atoms with E-state index in [0.717, 1.165) is 24.3 Å². The molecule has 1 aromatic heterocycles. The second-order valence-corrected chi connectivity index (χ2v) is 7.01. The molecule has 2 fully saturated rings. The van der Waals surface area contributed by atoms with Crippen molar-refractivity contribution in [3.05, 3.63) is 12.4 Å². The van der Waals surface area contributed by atoms with Gasteiger partial charge in [0.1, 0.15) is 0 Å². The van der Waals surface area contributed by atoms with Crippen molar-refractivity contribution in [3.63, 3.8) is 0 Å². The second kappa shape index (κ2) is 6.64. The van der Waals surface area contributed by atoms with Gasteiger partial charge in [0.2, 0.25) is 5.95 Å². The number of rotatable bonds is 4. The first-order valence-electron chi connectivity index (χ1n) is 8.59. The lowest BCUT2D eigenvalue weighted by molar-refractivity contribution is 0.265. The minimum Gasteiger partial charge on any atom is -0.353 e. The summed E-state index contributed by atoms with van der Waals surface area (Å²) in [4.78, 5) is 4.54. The van der Waals surface area contributed by atoms with Crippen molar-refractivity contribution in [3.8, 4) is 0 Å². The first kappa shape index (κ1) is 14.0. The third-order valence-corrected chi connectivity index (χ3v) is 5.24. The Labute approximate surface area is 123 Å². The van der Waals surface area contributed by atoms with Crippen LogP contribution in [0.5, 0.6) is 0 Å². The first-order valence-corrected chi connectivity index (χ1v) is 8.59. The van der Waals surface area contributed by atoms with Crippen molar-refractivity contribution in [2.45, 2.75) is 77.3 Å². The molecule has 0 aliphatic heterocycles. The molecule has 1 aromatic rings. The minimum absolute atomic E-state index is 0.649.